The maximum Gasteiger partial charge on any atom is 0.491 e. The highest BCUT2D eigenvalue weighted by atomic mass is 16.7. The Morgan fingerprint density at radius 2 is 1.88 bits per heavy atom. The number of methoxy groups -OCH3 is 1. The molecule has 0 radical (unpaired) electrons. The molecular weight excluding hydrogens is 309 g/mol. The van der Waals surface area contributed by atoms with Crippen LogP contribution in [0.3, 0.4) is 0 Å². The van der Waals surface area contributed by atoms with Gasteiger partial charge in [0.05, 0.1) is 18.3 Å². The van der Waals surface area contributed by atoms with E-state index in [1.54, 1.807) is 18.2 Å². The lowest BCUT2D eigenvalue weighted by Gasteiger charge is -2.32. The second kappa shape index (κ2) is 6.59. The number of aromatic carboxylic acids is 1. The first-order chi connectivity index (χ1) is 11.1. The summed E-state index contributed by atoms with van der Waals surface area (Å²) in [5, 5.41) is 9.29. The standard InChI is InChI=1S/C17H24BNO5/c1-16(2)17(3,4)24-18(23-16)12(10-19)9-11-7-6-8-13(15(20)21)14(11)22-5/h6-9H,10,19H2,1-5H3,(H,20,21). The van der Waals surface area contributed by atoms with E-state index in [0.717, 1.165) is 5.47 Å². The van der Waals surface area contributed by atoms with E-state index in [9.17, 15) is 9.90 Å². The molecule has 0 atom stereocenters. The van der Waals surface area contributed by atoms with Crippen molar-refractivity contribution < 1.29 is 23.9 Å². The molecule has 1 aliphatic heterocycles. The Balaban J connectivity index is 2.43. The molecule has 0 bridgehead atoms. The second-order valence-corrected chi connectivity index (χ2v) is 6.74. The van der Waals surface area contributed by atoms with Gasteiger partial charge in [-0.1, -0.05) is 18.2 Å². The van der Waals surface area contributed by atoms with Gasteiger partial charge in [-0.3, -0.25) is 0 Å². The van der Waals surface area contributed by atoms with Crippen molar-refractivity contribution >= 4 is 19.2 Å². The number of carboxylic acid groups (broad SMARTS) is 1. The topological polar surface area (TPSA) is 91.0 Å². The minimum absolute atomic E-state index is 0.0940. The van der Waals surface area contributed by atoms with Crippen LogP contribution in [0.5, 0.6) is 5.75 Å². The van der Waals surface area contributed by atoms with Crippen molar-refractivity contribution in [2.24, 2.45) is 5.73 Å². The van der Waals surface area contributed by atoms with Gasteiger partial charge in [0, 0.05) is 12.1 Å². The zero-order valence-corrected chi connectivity index (χ0v) is 14.8. The van der Waals surface area contributed by atoms with E-state index in [0.29, 0.717) is 5.56 Å². The quantitative estimate of drug-likeness (QED) is 0.804. The molecule has 0 unspecified atom stereocenters. The van der Waals surface area contributed by atoms with Crippen molar-refractivity contribution in [1.82, 2.24) is 0 Å². The number of hydrogen-bond acceptors (Lipinski definition) is 5. The fourth-order valence-electron chi connectivity index (χ4n) is 2.48. The maximum absolute atomic E-state index is 11.3. The van der Waals surface area contributed by atoms with Crippen molar-refractivity contribution in [3.05, 3.63) is 34.8 Å². The highest BCUT2D eigenvalue weighted by Crippen LogP contribution is 2.39. The number of rotatable bonds is 5. The Kier molecular flexibility index (Phi) is 5.08. The first-order valence-electron chi connectivity index (χ1n) is 7.79. The average molecular weight is 333 g/mol. The van der Waals surface area contributed by atoms with Crippen LogP contribution in [0.2, 0.25) is 0 Å². The normalized spacial score (nSPS) is 19.4. The fourth-order valence-corrected chi connectivity index (χ4v) is 2.48. The molecule has 24 heavy (non-hydrogen) atoms. The summed E-state index contributed by atoms with van der Waals surface area (Å²) in [6, 6.07) is 4.93. The van der Waals surface area contributed by atoms with Crippen molar-refractivity contribution in [2.45, 2.75) is 38.9 Å². The Labute approximate surface area is 142 Å². The van der Waals surface area contributed by atoms with Gasteiger partial charge >= 0.3 is 13.1 Å². The predicted octanol–water partition coefficient (Wildman–Crippen LogP) is 2.37. The SMILES string of the molecule is COc1c(C=C(CN)B2OC(C)(C)C(C)(C)O2)cccc1C(=O)O. The molecule has 1 aromatic carbocycles. The van der Waals surface area contributed by atoms with Crippen molar-refractivity contribution in [3.63, 3.8) is 0 Å². The summed E-state index contributed by atoms with van der Waals surface area (Å²) in [4.78, 5) is 11.3. The lowest BCUT2D eigenvalue weighted by atomic mass is 9.77. The third kappa shape index (κ3) is 3.33. The van der Waals surface area contributed by atoms with Crippen LogP contribution in [0.1, 0.15) is 43.6 Å². The van der Waals surface area contributed by atoms with Crippen molar-refractivity contribution in [3.8, 4) is 5.75 Å². The monoisotopic (exact) mass is 333 g/mol. The fraction of sp³-hybridized carbons (Fsp3) is 0.471. The third-order valence-electron chi connectivity index (χ3n) is 4.61. The van der Waals surface area contributed by atoms with E-state index in [1.165, 1.54) is 13.2 Å². The number of benzene rings is 1. The van der Waals surface area contributed by atoms with Crippen LogP contribution in [0, 0.1) is 0 Å². The molecular formula is C17H24BNO5. The summed E-state index contributed by atoms with van der Waals surface area (Å²) in [6.07, 6.45) is 1.77. The van der Waals surface area contributed by atoms with Crippen LogP contribution in [0.4, 0.5) is 0 Å². The maximum atomic E-state index is 11.3. The number of carboxylic acids is 1. The van der Waals surface area contributed by atoms with Crippen molar-refractivity contribution in [1.29, 1.82) is 0 Å². The Bertz CT molecular complexity index is 653. The molecule has 6 nitrogen and oxygen atoms in total. The molecule has 1 aromatic rings. The van der Waals surface area contributed by atoms with E-state index >= 15 is 0 Å². The second-order valence-electron chi connectivity index (χ2n) is 6.74. The summed E-state index contributed by atoms with van der Waals surface area (Å²) in [5.74, 6) is -0.764. The minimum Gasteiger partial charge on any atom is -0.495 e. The summed E-state index contributed by atoms with van der Waals surface area (Å²) in [6.45, 7) is 8.08. The van der Waals surface area contributed by atoms with Gasteiger partial charge in [0.15, 0.2) is 0 Å². The van der Waals surface area contributed by atoms with E-state index < -0.39 is 24.3 Å². The summed E-state index contributed by atoms with van der Waals surface area (Å²) in [7, 11) is 0.855. The lowest BCUT2D eigenvalue weighted by Crippen LogP contribution is -2.41. The Hall–Kier alpha value is -1.83. The van der Waals surface area contributed by atoms with E-state index in [1.807, 2.05) is 27.7 Å². The molecule has 1 aliphatic rings. The number of ether oxygens (including phenoxy) is 1. The van der Waals surface area contributed by atoms with Gasteiger partial charge in [0.25, 0.3) is 0 Å². The molecule has 0 saturated carbocycles. The van der Waals surface area contributed by atoms with Gasteiger partial charge < -0.3 is 24.9 Å². The van der Waals surface area contributed by atoms with Crippen LogP contribution < -0.4 is 10.5 Å². The number of carbonyl (C=O) groups is 1. The van der Waals surface area contributed by atoms with E-state index in [-0.39, 0.29) is 17.9 Å². The third-order valence-corrected chi connectivity index (χ3v) is 4.61. The van der Waals surface area contributed by atoms with Crippen LogP contribution in [0.25, 0.3) is 6.08 Å². The van der Waals surface area contributed by atoms with Crippen LogP contribution in [-0.4, -0.2) is 43.1 Å². The van der Waals surface area contributed by atoms with Crippen LogP contribution in [0.15, 0.2) is 23.7 Å². The molecule has 7 heteroatoms. The van der Waals surface area contributed by atoms with E-state index in [4.69, 9.17) is 19.8 Å². The molecule has 2 rings (SSSR count). The van der Waals surface area contributed by atoms with Crippen LogP contribution >= 0.6 is 0 Å². The van der Waals surface area contributed by atoms with Gasteiger partial charge in [-0.2, -0.15) is 0 Å². The van der Waals surface area contributed by atoms with Gasteiger partial charge in [-0.15, -0.1) is 0 Å². The molecule has 0 aliphatic carbocycles. The predicted molar refractivity (Wildman–Crippen MR) is 93.1 cm³/mol. The highest BCUT2D eigenvalue weighted by Gasteiger charge is 2.52. The first-order valence-corrected chi connectivity index (χ1v) is 7.79. The minimum atomic E-state index is -1.05. The number of hydrogen-bond donors (Lipinski definition) is 2. The number of para-hydroxylation sites is 1. The largest absolute Gasteiger partial charge is 0.495 e. The Morgan fingerprint density at radius 3 is 2.33 bits per heavy atom. The first kappa shape index (κ1) is 18.5. The van der Waals surface area contributed by atoms with Gasteiger partial charge in [0.2, 0.25) is 0 Å². The molecule has 3 N–H and O–H groups in total. The zero-order chi connectivity index (χ0) is 18.1. The molecule has 1 fully saturated rings. The molecule has 1 saturated heterocycles. The van der Waals surface area contributed by atoms with E-state index in [2.05, 4.69) is 0 Å². The number of nitrogens with two attached hydrogens (primary N) is 1. The molecule has 0 amide bonds. The van der Waals surface area contributed by atoms with Gasteiger partial charge in [-0.05, 0) is 39.2 Å². The summed E-state index contributed by atoms with van der Waals surface area (Å²) >= 11 is 0. The smallest absolute Gasteiger partial charge is 0.491 e. The molecule has 130 valence electrons. The molecule has 1 heterocycles. The summed E-state index contributed by atoms with van der Waals surface area (Å²) < 4.78 is 17.3. The molecule has 0 aromatic heterocycles. The van der Waals surface area contributed by atoms with Gasteiger partial charge in [0.1, 0.15) is 11.3 Å². The summed E-state index contributed by atoms with van der Waals surface area (Å²) in [5.41, 5.74) is 6.36. The molecule has 0 spiro atoms. The van der Waals surface area contributed by atoms with Crippen LogP contribution in [-0.2, 0) is 9.31 Å². The zero-order valence-electron chi connectivity index (χ0n) is 14.8. The Morgan fingerprint density at radius 1 is 1.29 bits per heavy atom. The van der Waals surface area contributed by atoms with Gasteiger partial charge in [-0.25, -0.2) is 4.79 Å². The van der Waals surface area contributed by atoms with Crippen molar-refractivity contribution in [2.75, 3.05) is 13.7 Å². The average Bonchev–Trinajstić information content (AvgIpc) is 2.72. The lowest BCUT2D eigenvalue weighted by molar-refractivity contribution is 0.00578. The highest BCUT2D eigenvalue weighted by molar-refractivity contribution is 6.56.